The van der Waals surface area contributed by atoms with Crippen LogP contribution in [0, 0.1) is 17.6 Å². The van der Waals surface area contributed by atoms with E-state index in [9.17, 15) is 35.2 Å². The van der Waals surface area contributed by atoms with Gasteiger partial charge >= 0.3 is 6.18 Å². The van der Waals surface area contributed by atoms with Crippen LogP contribution in [0.1, 0.15) is 52.4 Å². The Balaban J connectivity index is 1.35. The first-order valence-electron chi connectivity index (χ1n) is 14.3. The van der Waals surface area contributed by atoms with Crippen molar-refractivity contribution in [2.45, 2.75) is 36.4 Å². The Morgan fingerprint density at radius 1 is 0.891 bits per heavy atom. The molecule has 6 nitrogen and oxygen atoms in total. The minimum atomic E-state index is -4.67. The average molecular weight is 652 g/mol. The predicted octanol–water partition coefficient (Wildman–Crippen LogP) is 8.22. The number of carbonyl (C=O) groups is 1. The maximum atomic E-state index is 14.1. The first kappa shape index (κ1) is 31.2. The molecular formula is C34H26F5N3O3S. The summed E-state index contributed by atoms with van der Waals surface area (Å²) in [5.74, 6) is -1.69. The van der Waals surface area contributed by atoms with E-state index in [-0.39, 0.29) is 27.9 Å². The normalized spacial score (nSPS) is 19.1. The second-order valence-corrected chi connectivity index (χ2v) is 12.7. The number of halogens is 5. The number of allylic oxidation sites excluding steroid dienone is 1. The molecule has 2 aliphatic rings. The van der Waals surface area contributed by atoms with E-state index in [1.54, 1.807) is 24.3 Å². The molecule has 12 heteroatoms. The highest BCUT2D eigenvalue weighted by atomic mass is 32.2. The summed E-state index contributed by atoms with van der Waals surface area (Å²) in [6, 6.07) is 20.0. The third kappa shape index (κ3) is 6.43. The number of amides is 1. The molecule has 1 heterocycles. The fourth-order valence-corrected chi connectivity index (χ4v) is 6.92. The van der Waals surface area contributed by atoms with Crippen LogP contribution in [0.4, 0.5) is 27.6 Å². The summed E-state index contributed by atoms with van der Waals surface area (Å²) >= 11 is 0. The highest BCUT2D eigenvalue weighted by molar-refractivity contribution is 7.92. The highest BCUT2D eigenvalue weighted by Crippen LogP contribution is 2.45. The summed E-state index contributed by atoms with van der Waals surface area (Å²) in [5, 5.41) is 6.03. The van der Waals surface area contributed by atoms with E-state index >= 15 is 0 Å². The molecule has 6 rings (SSSR count). The molecule has 1 aliphatic heterocycles. The number of hydrogen-bond acceptors (Lipinski definition) is 4. The van der Waals surface area contributed by atoms with Crippen LogP contribution in [0.25, 0.3) is 6.08 Å². The number of nitrogens with zero attached hydrogens (tertiary/aromatic N) is 2. The van der Waals surface area contributed by atoms with E-state index < -0.39 is 39.5 Å². The van der Waals surface area contributed by atoms with Crippen molar-refractivity contribution in [3.63, 3.8) is 0 Å². The zero-order valence-corrected chi connectivity index (χ0v) is 24.8. The summed E-state index contributed by atoms with van der Waals surface area (Å²) in [6.45, 7) is 0. The standard InChI is InChI=1S/C34H26F5N3O3S/c35-26-14-10-21(11-15-26)18-23-4-2-9-30-31(23)40-42(32(30)22-12-16-27(36)17-13-22)33(43)24-5-1-8-29(19-24)46(44,45)41-28-7-3-6-25(20-28)34(37,38)39/h1,3,5-8,10-20,30,32,41H,2,4,9H2/b23-18+. The summed E-state index contributed by atoms with van der Waals surface area (Å²) in [5.41, 5.74) is 1.58. The van der Waals surface area contributed by atoms with Crippen LogP contribution < -0.4 is 4.72 Å². The van der Waals surface area contributed by atoms with Crippen LogP contribution in [-0.4, -0.2) is 25.0 Å². The van der Waals surface area contributed by atoms with Gasteiger partial charge in [0.15, 0.2) is 0 Å². The average Bonchev–Trinajstić information content (AvgIpc) is 3.42. The number of rotatable bonds is 6. The second kappa shape index (κ2) is 12.2. The third-order valence-corrected chi connectivity index (χ3v) is 9.34. The zero-order chi connectivity index (χ0) is 32.6. The minimum absolute atomic E-state index is 0.0221. The molecule has 0 spiro atoms. The Hall–Kier alpha value is -4.84. The largest absolute Gasteiger partial charge is 0.416 e. The van der Waals surface area contributed by atoms with Crippen molar-refractivity contribution in [1.82, 2.24) is 5.01 Å². The number of nitrogens with one attached hydrogen (secondary N) is 1. The Morgan fingerprint density at radius 3 is 2.26 bits per heavy atom. The van der Waals surface area contributed by atoms with Crippen molar-refractivity contribution in [1.29, 1.82) is 0 Å². The predicted molar refractivity (Wildman–Crippen MR) is 163 cm³/mol. The number of carbonyl (C=O) groups excluding carboxylic acids is 1. The molecule has 2 atom stereocenters. The maximum absolute atomic E-state index is 14.1. The summed E-state index contributed by atoms with van der Waals surface area (Å²) in [6.07, 6.45) is -0.643. The van der Waals surface area contributed by atoms with Gasteiger partial charge in [-0.15, -0.1) is 0 Å². The van der Waals surface area contributed by atoms with Crippen LogP contribution in [0.3, 0.4) is 0 Å². The monoisotopic (exact) mass is 651 g/mol. The van der Waals surface area contributed by atoms with Gasteiger partial charge in [0.1, 0.15) is 11.6 Å². The number of sulfonamides is 1. The van der Waals surface area contributed by atoms with E-state index in [4.69, 9.17) is 5.10 Å². The lowest BCUT2D eigenvalue weighted by Gasteiger charge is -2.29. The Kier molecular flexibility index (Phi) is 8.24. The molecule has 0 saturated heterocycles. The molecule has 1 saturated carbocycles. The van der Waals surface area contributed by atoms with Crippen molar-refractivity contribution in [2.75, 3.05) is 4.72 Å². The second-order valence-electron chi connectivity index (χ2n) is 11.1. The number of fused-ring (bicyclic) bond motifs is 1. The Labute approximate surface area is 261 Å². The maximum Gasteiger partial charge on any atom is 0.416 e. The molecule has 0 radical (unpaired) electrons. The highest BCUT2D eigenvalue weighted by Gasteiger charge is 2.44. The quantitative estimate of drug-likeness (QED) is 0.214. The van der Waals surface area contributed by atoms with Gasteiger partial charge in [-0.05, 0) is 103 Å². The van der Waals surface area contributed by atoms with Gasteiger partial charge in [0.05, 0.1) is 22.2 Å². The van der Waals surface area contributed by atoms with Crippen LogP contribution in [-0.2, 0) is 16.2 Å². The van der Waals surface area contributed by atoms with Gasteiger partial charge in [-0.3, -0.25) is 9.52 Å². The van der Waals surface area contributed by atoms with Crippen molar-refractivity contribution in [2.24, 2.45) is 11.0 Å². The first-order valence-corrected chi connectivity index (χ1v) is 15.8. The van der Waals surface area contributed by atoms with Gasteiger partial charge in [-0.1, -0.05) is 36.4 Å². The first-order chi connectivity index (χ1) is 21.9. The van der Waals surface area contributed by atoms with Crippen molar-refractivity contribution < 1.29 is 35.2 Å². The fourth-order valence-electron chi connectivity index (χ4n) is 5.82. The van der Waals surface area contributed by atoms with E-state index in [1.807, 2.05) is 6.08 Å². The number of benzene rings is 4. The van der Waals surface area contributed by atoms with Gasteiger partial charge in [0, 0.05) is 17.2 Å². The van der Waals surface area contributed by atoms with E-state index in [0.717, 1.165) is 35.8 Å². The molecule has 4 aromatic carbocycles. The number of hydrogen-bond donors (Lipinski definition) is 1. The van der Waals surface area contributed by atoms with Gasteiger partial charge in [-0.2, -0.15) is 18.3 Å². The topological polar surface area (TPSA) is 78.8 Å². The zero-order valence-electron chi connectivity index (χ0n) is 24.0. The SMILES string of the molecule is O=C(c1cccc(S(=O)(=O)Nc2cccc(C(F)(F)F)c2)c1)N1N=C2/C(=C/c3ccc(F)cc3)CCCC2C1c1ccc(F)cc1. The molecule has 2 unspecified atom stereocenters. The number of alkyl halides is 3. The lowest BCUT2D eigenvalue weighted by atomic mass is 9.77. The van der Waals surface area contributed by atoms with Gasteiger partial charge < -0.3 is 0 Å². The van der Waals surface area contributed by atoms with Crippen LogP contribution in [0.15, 0.2) is 113 Å². The van der Waals surface area contributed by atoms with Crippen LogP contribution in [0.2, 0.25) is 0 Å². The third-order valence-electron chi connectivity index (χ3n) is 7.97. The minimum Gasteiger partial charge on any atom is -0.280 e. The molecule has 1 fully saturated rings. The molecule has 1 amide bonds. The van der Waals surface area contributed by atoms with E-state index in [1.165, 1.54) is 53.5 Å². The number of hydrazone groups is 1. The lowest BCUT2D eigenvalue weighted by molar-refractivity contribution is -0.137. The lowest BCUT2D eigenvalue weighted by Crippen LogP contribution is -2.32. The van der Waals surface area contributed by atoms with E-state index in [2.05, 4.69) is 4.72 Å². The summed E-state index contributed by atoms with van der Waals surface area (Å²) in [4.78, 5) is 13.7. The van der Waals surface area contributed by atoms with E-state index in [0.29, 0.717) is 30.2 Å². The van der Waals surface area contributed by atoms with Gasteiger partial charge in [-0.25, -0.2) is 22.2 Å². The molecule has 0 aromatic heterocycles. The summed E-state index contributed by atoms with van der Waals surface area (Å²) < 4.78 is 95.5. The van der Waals surface area contributed by atoms with Gasteiger partial charge in [0.2, 0.25) is 0 Å². The smallest absolute Gasteiger partial charge is 0.280 e. The van der Waals surface area contributed by atoms with Gasteiger partial charge in [0.25, 0.3) is 15.9 Å². The fraction of sp³-hybridized carbons (Fsp3) is 0.176. The van der Waals surface area contributed by atoms with Crippen molar-refractivity contribution in [3.8, 4) is 0 Å². The molecule has 1 aliphatic carbocycles. The molecule has 46 heavy (non-hydrogen) atoms. The van der Waals surface area contributed by atoms with Crippen molar-refractivity contribution in [3.05, 3.63) is 137 Å². The molecular weight excluding hydrogens is 625 g/mol. The van der Waals surface area contributed by atoms with Crippen LogP contribution >= 0.6 is 0 Å². The molecule has 0 bridgehead atoms. The summed E-state index contributed by atoms with van der Waals surface area (Å²) in [7, 11) is -4.39. The van der Waals surface area contributed by atoms with Crippen molar-refractivity contribution >= 4 is 33.4 Å². The Morgan fingerprint density at radius 2 is 1.57 bits per heavy atom. The molecule has 4 aromatic rings. The number of anilines is 1. The molecule has 1 N–H and O–H groups in total. The van der Waals surface area contributed by atoms with Crippen LogP contribution in [0.5, 0.6) is 0 Å². The Bertz CT molecular complexity index is 1960. The molecule has 236 valence electrons.